The SMILES string of the molecule is CCC(Cn1cnc(C2(O)CCC2)n1)CC(F)(F)F. The van der Waals surface area contributed by atoms with Gasteiger partial charge in [0.05, 0.1) is 0 Å². The van der Waals surface area contributed by atoms with E-state index in [1.807, 2.05) is 0 Å². The van der Waals surface area contributed by atoms with Crippen LogP contribution in [0.1, 0.15) is 44.9 Å². The number of aromatic nitrogens is 3. The van der Waals surface area contributed by atoms with E-state index in [9.17, 15) is 18.3 Å². The van der Waals surface area contributed by atoms with E-state index in [-0.39, 0.29) is 6.54 Å². The first kappa shape index (κ1) is 14.3. The molecule has 0 amide bonds. The summed E-state index contributed by atoms with van der Waals surface area (Å²) in [6.07, 6.45) is -0.965. The third-order valence-electron chi connectivity index (χ3n) is 3.68. The molecule has 19 heavy (non-hydrogen) atoms. The van der Waals surface area contributed by atoms with Crippen molar-refractivity contribution in [2.75, 3.05) is 0 Å². The van der Waals surface area contributed by atoms with Crippen LogP contribution >= 0.6 is 0 Å². The van der Waals surface area contributed by atoms with Crippen LogP contribution in [0.4, 0.5) is 13.2 Å². The van der Waals surface area contributed by atoms with Gasteiger partial charge in [0.15, 0.2) is 5.82 Å². The highest BCUT2D eigenvalue weighted by Crippen LogP contribution is 2.39. The molecule has 2 rings (SSSR count). The van der Waals surface area contributed by atoms with Crippen LogP contribution in [0.3, 0.4) is 0 Å². The van der Waals surface area contributed by atoms with Crippen LogP contribution in [0.2, 0.25) is 0 Å². The fourth-order valence-corrected chi connectivity index (χ4v) is 2.26. The van der Waals surface area contributed by atoms with Gasteiger partial charge in [-0.3, -0.25) is 4.68 Å². The summed E-state index contributed by atoms with van der Waals surface area (Å²) in [4.78, 5) is 4.01. The van der Waals surface area contributed by atoms with Gasteiger partial charge in [0.25, 0.3) is 0 Å². The van der Waals surface area contributed by atoms with Crippen molar-refractivity contribution in [3.8, 4) is 0 Å². The van der Waals surface area contributed by atoms with Crippen molar-refractivity contribution in [1.82, 2.24) is 14.8 Å². The van der Waals surface area contributed by atoms with Crippen molar-refractivity contribution in [2.45, 2.75) is 57.3 Å². The maximum atomic E-state index is 12.4. The largest absolute Gasteiger partial charge is 0.389 e. The van der Waals surface area contributed by atoms with Crippen LogP contribution in [0.25, 0.3) is 0 Å². The van der Waals surface area contributed by atoms with E-state index >= 15 is 0 Å². The predicted molar refractivity (Wildman–Crippen MR) is 62.2 cm³/mol. The topological polar surface area (TPSA) is 50.9 Å². The normalized spacial score (nSPS) is 20.1. The molecule has 1 heterocycles. The molecule has 1 aromatic heterocycles. The zero-order chi connectivity index (χ0) is 14.1. The van der Waals surface area contributed by atoms with Crippen LogP contribution in [0, 0.1) is 5.92 Å². The third-order valence-corrected chi connectivity index (χ3v) is 3.68. The van der Waals surface area contributed by atoms with Crippen molar-refractivity contribution in [2.24, 2.45) is 5.92 Å². The van der Waals surface area contributed by atoms with E-state index in [1.165, 1.54) is 11.0 Å². The highest BCUT2D eigenvalue weighted by Gasteiger charge is 2.40. The second-order valence-corrected chi connectivity index (χ2v) is 5.27. The van der Waals surface area contributed by atoms with E-state index in [0.717, 1.165) is 6.42 Å². The number of aliphatic hydroxyl groups is 1. The molecule has 4 nitrogen and oxygen atoms in total. The molecule has 1 saturated carbocycles. The number of nitrogens with zero attached hydrogens (tertiary/aromatic N) is 3. The van der Waals surface area contributed by atoms with Gasteiger partial charge in [-0.15, -0.1) is 0 Å². The molecule has 0 aliphatic heterocycles. The molecule has 1 fully saturated rings. The monoisotopic (exact) mass is 277 g/mol. The lowest BCUT2D eigenvalue weighted by Gasteiger charge is -2.33. The number of hydrogen-bond acceptors (Lipinski definition) is 3. The molecule has 1 aliphatic rings. The molecule has 7 heteroatoms. The Morgan fingerprint density at radius 1 is 1.47 bits per heavy atom. The predicted octanol–water partition coefficient (Wildman–Crippen LogP) is 2.63. The molecule has 1 aliphatic carbocycles. The van der Waals surface area contributed by atoms with Gasteiger partial charge >= 0.3 is 6.18 Å². The summed E-state index contributed by atoms with van der Waals surface area (Å²) in [6, 6.07) is 0. The lowest BCUT2D eigenvalue weighted by molar-refractivity contribution is -0.145. The van der Waals surface area contributed by atoms with Crippen LogP contribution in [-0.2, 0) is 12.1 Å². The van der Waals surface area contributed by atoms with Crippen molar-refractivity contribution in [3.05, 3.63) is 12.2 Å². The molecule has 0 radical (unpaired) electrons. The minimum Gasteiger partial charge on any atom is -0.382 e. The summed E-state index contributed by atoms with van der Waals surface area (Å²) < 4.78 is 38.5. The number of rotatable bonds is 5. The Bertz CT molecular complexity index is 426. The molecule has 0 bridgehead atoms. The highest BCUT2D eigenvalue weighted by atomic mass is 19.4. The first-order valence-electron chi connectivity index (χ1n) is 6.51. The average molecular weight is 277 g/mol. The molecular weight excluding hydrogens is 259 g/mol. The Balaban J connectivity index is 1.98. The smallest absolute Gasteiger partial charge is 0.382 e. The summed E-state index contributed by atoms with van der Waals surface area (Å²) >= 11 is 0. The van der Waals surface area contributed by atoms with E-state index in [0.29, 0.717) is 25.1 Å². The molecule has 0 aromatic carbocycles. The van der Waals surface area contributed by atoms with E-state index in [4.69, 9.17) is 0 Å². The van der Waals surface area contributed by atoms with Crippen LogP contribution in [0.5, 0.6) is 0 Å². The Labute approximate surface area is 109 Å². The van der Waals surface area contributed by atoms with E-state index in [1.54, 1.807) is 6.92 Å². The number of halogens is 3. The molecule has 1 atom stereocenters. The Morgan fingerprint density at radius 3 is 2.63 bits per heavy atom. The van der Waals surface area contributed by atoms with Crippen molar-refractivity contribution in [3.63, 3.8) is 0 Å². The molecule has 0 saturated heterocycles. The standard InChI is InChI=1S/C12H18F3N3O/c1-2-9(6-12(13,14)15)7-18-8-16-10(17-18)11(19)4-3-5-11/h8-9,19H,2-7H2,1H3. The average Bonchev–Trinajstić information content (AvgIpc) is 2.72. The lowest BCUT2D eigenvalue weighted by atomic mass is 9.80. The van der Waals surface area contributed by atoms with Gasteiger partial charge in [0.2, 0.25) is 0 Å². The quantitative estimate of drug-likeness (QED) is 0.900. The Kier molecular flexibility index (Phi) is 3.85. The van der Waals surface area contributed by atoms with Gasteiger partial charge in [0.1, 0.15) is 11.9 Å². The minimum atomic E-state index is -4.16. The molecule has 1 N–H and O–H groups in total. The van der Waals surface area contributed by atoms with Gasteiger partial charge in [-0.05, 0) is 25.2 Å². The summed E-state index contributed by atoms with van der Waals surface area (Å²) in [5, 5.41) is 14.2. The summed E-state index contributed by atoms with van der Waals surface area (Å²) in [7, 11) is 0. The first-order valence-corrected chi connectivity index (χ1v) is 6.51. The van der Waals surface area contributed by atoms with E-state index in [2.05, 4.69) is 10.1 Å². The zero-order valence-electron chi connectivity index (χ0n) is 10.8. The van der Waals surface area contributed by atoms with Gasteiger partial charge in [0, 0.05) is 13.0 Å². The number of hydrogen-bond donors (Lipinski definition) is 1. The summed E-state index contributed by atoms with van der Waals surface area (Å²) in [6.45, 7) is 1.91. The maximum Gasteiger partial charge on any atom is 0.389 e. The van der Waals surface area contributed by atoms with Gasteiger partial charge in [-0.1, -0.05) is 13.3 Å². The molecule has 108 valence electrons. The van der Waals surface area contributed by atoms with Crippen LogP contribution in [0.15, 0.2) is 6.33 Å². The fourth-order valence-electron chi connectivity index (χ4n) is 2.26. The molecular formula is C12H18F3N3O. The van der Waals surface area contributed by atoms with Gasteiger partial charge < -0.3 is 5.11 Å². The van der Waals surface area contributed by atoms with Gasteiger partial charge in [-0.2, -0.15) is 18.3 Å². The van der Waals surface area contributed by atoms with Crippen molar-refractivity contribution in [1.29, 1.82) is 0 Å². The molecule has 1 aromatic rings. The van der Waals surface area contributed by atoms with Gasteiger partial charge in [-0.25, -0.2) is 4.98 Å². The van der Waals surface area contributed by atoms with Crippen molar-refractivity contribution < 1.29 is 18.3 Å². The molecule has 1 unspecified atom stereocenters. The number of alkyl halides is 3. The third kappa shape index (κ3) is 3.46. The second kappa shape index (κ2) is 5.11. The Hall–Kier alpha value is -1.11. The zero-order valence-corrected chi connectivity index (χ0v) is 10.8. The minimum absolute atomic E-state index is 0.180. The van der Waals surface area contributed by atoms with E-state index < -0.39 is 24.1 Å². The summed E-state index contributed by atoms with van der Waals surface area (Å²) in [5.41, 5.74) is -0.961. The highest BCUT2D eigenvalue weighted by molar-refractivity contribution is 5.04. The summed E-state index contributed by atoms with van der Waals surface area (Å²) in [5.74, 6) is -0.175. The van der Waals surface area contributed by atoms with Crippen LogP contribution < -0.4 is 0 Å². The van der Waals surface area contributed by atoms with Crippen LogP contribution in [-0.4, -0.2) is 26.0 Å². The Morgan fingerprint density at radius 2 is 2.16 bits per heavy atom. The fraction of sp³-hybridized carbons (Fsp3) is 0.833. The molecule has 0 spiro atoms. The first-order chi connectivity index (χ1) is 8.82. The van der Waals surface area contributed by atoms with Crippen molar-refractivity contribution >= 4 is 0 Å². The lowest BCUT2D eigenvalue weighted by Crippen LogP contribution is -2.35. The second-order valence-electron chi connectivity index (χ2n) is 5.27. The maximum absolute atomic E-state index is 12.4.